The SMILES string of the molecule is CC(C)CC(C)(c1cc(Br)c(O)c(Br)c1)c1cc(Br)c(O)c(Br)c1. The van der Waals surface area contributed by atoms with E-state index in [0.29, 0.717) is 23.8 Å². The minimum Gasteiger partial charge on any atom is -0.506 e. The molecule has 2 rings (SSSR count). The van der Waals surface area contributed by atoms with Crippen LogP contribution in [-0.4, -0.2) is 10.2 Å². The van der Waals surface area contributed by atoms with Crippen molar-refractivity contribution in [2.45, 2.75) is 32.6 Å². The average molecular weight is 586 g/mol. The van der Waals surface area contributed by atoms with Crippen molar-refractivity contribution in [2.75, 3.05) is 0 Å². The van der Waals surface area contributed by atoms with Crippen molar-refractivity contribution >= 4 is 63.7 Å². The van der Waals surface area contributed by atoms with Crippen molar-refractivity contribution in [3.05, 3.63) is 53.3 Å². The molecule has 2 nitrogen and oxygen atoms in total. The minimum absolute atomic E-state index is 0.193. The van der Waals surface area contributed by atoms with Crippen LogP contribution in [0.2, 0.25) is 0 Å². The van der Waals surface area contributed by atoms with Crippen molar-refractivity contribution in [1.29, 1.82) is 0 Å². The summed E-state index contributed by atoms with van der Waals surface area (Å²) in [6.07, 6.45) is 0.917. The predicted octanol–water partition coefficient (Wildman–Crippen LogP) is 7.50. The summed E-state index contributed by atoms with van der Waals surface area (Å²) in [7, 11) is 0. The Bertz CT molecular complexity index is 668. The highest BCUT2D eigenvalue weighted by Gasteiger charge is 2.32. The summed E-state index contributed by atoms with van der Waals surface area (Å²) < 4.78 is 2.61. The molecule has 0 saturated heterocycles. The first kappa shape index (κ1) is 20.3. The van der Waals surface area contributed by atoms with Gasteiger partial charge in [0, 0.05) is 5.41 Å². The molecule has 0 aromatic heterocycles. The van der Waals surface area contributed by atoms with E-state index in [9.17, 15) is 10.2 Å². The maximum Gasteiger partial charge on any atom is 0.143 e. The van der Waals surface area contributed by atoms with Gasteiger partial charge in [0.1, 0.15) is 11.5 Å². The molecule has 0 spiro atoms. The lowest BCUT2D eigenvalue weighted by molar-refractivity contribution is 0.423. The monoisotopic (exact) mass is 582 g/mol. The molecule has 0 unspecified atom stereocenters. The summed E-state index contributed by atoms with van der Waals surface area (Å²) in [5.74, 6) is 0.852. The number of hydrogen-bond acceptors (Lipinski definition) is 2. The molecule has 0 aliphatic carbocycles. The fourth-order valence-corrected chi connectivity index (χ4v) is 5.36. The van der Waals surface area contributed by atoms with Gasteiger partial charge in [-0.05, 0) is 111 Å². The molecular weight excluding hydrogens is 568 g/mol. The molecule has 130 valence electrons. The summed E-state index contributed by atoms with van der Waals surface area (Å²) in [5.41, 5.74) is 1.88. The Morgan fingerprint density at radius 2 is 1.08 bits per heavy atom. The number of phenols is 2. The molecule has 6 heteroatoms. The highest BCUT2D eigenvalue weighted by Crippen LogP contribution is 2.46. The molecule has 0 fully saturated rings. The largest absolute Gasteiger partial charge is 0.506 e. The zero-order valence-corrected chi connectivity index (χ0v) is 19.8. The first-order valence-electron chi connectivity index (χ1n) is 7.43. The van der Waals surface area contributed by atoms with Crippen LogP contribution < -0.4 is 0 Å². The van der Waals surface area contributed by atoms with Gasteiger partial charge >= 0.3 is 0 Å². The van der Waals surface area contributed by atoms with Gasteiger partial charge in [-0.15, -0.1) is 0 Å². The van der Waals surface area contributed by atoms with Gasteiger partial charge < -0.3 is 10.2 Å². The summed E-state index contributed by atoms with van der Waals surface area (Å²) >= 11 is 13.7. The van der Waals surface area contributed by atoms with Gasteiger partial charge in [-0.1, -0.05) is 20.8 Å². The summed E-state index contributed by atoms with van der Waals surface area (Å²) in [4.78, 5) is 0. The zero-order chi connectivity index (χ0) is 18.2. The molecule has 2 aromatic rings. The Balaban J connectivity index is 2.72. The Hall–Kier alpha value is -0.0400. The maximum absolute atomic E-state index is 10.0. The second-order valence-corrected chi connectivity index (χ2v) is 9.92. The fraction of sp³-hybridized carbons (Fsp3) is 0.333. The van der Waals surface area contributed by atoms with E-state index >= 15 is 0 Å². The first-order valence-corrected chi connectivity index (χ1v) is 10.6. The van der Waals surface area contributed by atoms with Crippen LogP contribution in [0.3, 0.4) is 0 Å². The van der Waals surface area contributed by atoms with Crippen molar-refractivity contribution in [3.63, 3.8) is 0 Å². The Kier molecular flexibility index (Phi) is 6.49. The van der Waals surface area contributed by atoms with Crippen molar-refractivity contribution in [2.24, 2.45) is 5.92 Å². The normalized spacial score (nSPS) is 12.0. The van der Waals surface area contributed by atoms with Crippen molar-refractivity contribution in [3.8, 4) is 11.5 Å². The van der Waals surface area contributed by atoms with Crippen LogP contribution in [0.15, 0.2) is 42.2 Å². The fourth-order valence-electron chi connectivity index (χ4n) is 2.99. The lowest BCUT2D eigenvalue weighted by Crippen LogP contribution is -2.26. The third-order valence-electron chi connectivity index (χ3n) is 4.12. The third kappa shape index (κ3) is 4.02. The molecule has 2 aromatic carbocycles. The van der Waals surface area contributed by atoms with Crippen molar-refractivity contribution in [1.82, 2.24) is 0 Å². The molecule has 0 saturated carbocycles. The Morgan fingerprint density at radius 1 is 0.792 bits per heavy atom. The van der Waals surface area contributed by atoms with Crippen LogP contribution in [-0.2, 0) is 5.41 Å². The van der Waals surface area contributed by atoms with Crippen LogP contribution in [0.4, 0.5) is 0 Å². The molecule has 24 heavy (non-hydrogen) atoms. The average Bonchev–Trinajstić information content (AvgIpc) is 2.48. The Labute approximate surface area is 176 Å². The van der Waals surface area contributed by atoms with Gasteiger partial charge in [0.25, 0.3) is 0 Å². The number of aromatic hydroxyl groups is 2. The van der Waals surface area contributed by atoms with Gasteiger partial charge in [0.15, 0.2) is 0 Å². The molecule has 0 aliphatic rings. The molecule has 0 aliphatic heterocycles. The number of benzene rings is 2. The molecule has 0 atom stereocenters. The second kappa shape index (κ2) is 7.68. The Morgan fingerprint density at radius 3 is 1.33 bits per heavy atom. The standard InChI is InChI=1S/C18H18Br4O2/c1-9(2)8-18(3,10-4-12(19)16(23)13(20)5-10)11-6-14(21)17(24)15(22)7-11/h4-7,9,23-24H,8H2,1-3H3. The number of halogens is 4. The topological polar surface area (TPSA) is 40.5 Å². The van der Waals surface area contributed by atoms with E-state index in [1.54, 1.807) is 0 Å². The number of hydrogen-bond donors (Lipinski definition) is 2. The molecule has 0 amide bonds. The maximum atomic E-state index is 10.0. The third-order valence-corrected chi connectivity index (χ3v) is 6.54. The van der Waals surface area contributed by atoms with E-state index in [1.165, 1.54) is 0 Å². The predicted molar refractivity (Wildman–Crippen MR) is 113 cm³/mol. The molecule has 0 heterocycles. The number of rotatable bonds is 4. The summed E-state index contributed by atoms with van der Waals surface area (Å²) in [5, 5.41) is 20.1. The molecular formula is C18H18Br4O2. The first-order chi connectivity index (χ1) is 11.1. The van der Waals surface area contributed by atoms with Crippen LogP contribution >= 0.6 is 63.7 Å². The van der Waals surface area contributed by atoms with E-state index in [0.717, 1.165) is 17.5 Å². The van der Waals surface area contributed by atoms with Gasteiger partial charge in [-0.2, -0.15) is 0 Å². The van der Waals surface area contributed by atoms with Gasteiger partial charge in [-0.3, -0.25) is 0 Å². The highest BCUT2D eigenvalue weighted by molar-refractivity contribution is 9.11. The summed E-state index contributed by atoms with van der Waals surface area (Å²) in [6.45, 7) is 6.56. The van der Waals surface area contributed by atoms with Crippen LogP contribution in [0.5, 0.6) is 11.5 Å². The molecule has 2 N–H and O–H groups in total. The highest BCUT2D eigenvalue weighted by atomic mass is 79.9. The smallest absolute Gasteiger partial charge is 0.143 e. The van der Waals surface area contributed by atoms with E-state index in [4.69, 9.17) is 0 Å². The zero-order valence-electron chi connectivity index (χ0n) is 13.5. The van der Waals surface area contributed by atoms with Gasteiger partial charge in [0.2, 0.25) is 0 Å². The minimum atomic E-state index is -0.286. The van der Waals surface area contributed by atoms with Crippen LogP contribution in [0, 0.1) is 5.92 Å². The second-order valence-electron chi connectivity index (χ2n) is 6.51. The van der Waals surface area contributed by atoms with E-state index < -0.39 is 0 Å². The lowest BCUT2D eigenvalue weighted by Gasteiger charge is -2.34. The van der Waals surface area contributed by atoms with Gasteiger partial charge in [-0.25, -0.2) is 0 Å². The molecule has 0 bridgehead atoms. The molecule has 0 radical (unpaired) electrons. The van der Waals surface area contributed by atoms with Gasteiger partial charge in [0.05, 0.1) is 17.9 Å². The number of phenolic OH excluding ortho intramolecular Hbond substituents is 2. The quantitative estimate of drug-likeness (QED) is 0.390. The van der Waals surface area contributed by atoms with Crippen LogP contribution in [0.25, 0.3) is 0 Å². The van der Waals surface area contributed by atoms with E-state index in [-0.39, 0.29) is 16.9 Å². The lowest BCUT2D eigenvalue weighted by atomic mass is 9.71. The van der Waals surface area contributed by atoms with Crippen molar-refractivity contribution < 1.29 is 10.2 Å². The summed E-state index contributed by atoms with van der Waals surface area (Å²) in [6, 6.07) is 7.82. The van der Waals surface area contributed by atoms with Crippen LogP contribution in [0.1, 0.15) is 38.3 Å². The van der Waals surface area contributed by atoms with E-state index in [2.05, 4.69) is 84.5 Å². The van der Waals surface area contributed by atoms with E-state index in [1.807, 2.05) is 24.3 Å².